The van der Waals surface area contributed by atoms with Crippen molar-refractivity contribution in [2.45, 2.75) is 45.1 Å². The summed E-state index contributed by atoms with van der Waals surface area (Å²) in [5.74, 6) is -0.132. The minimum atomic E-state index is -0.132. The van der Waals surface area contributed by atoms with Crippen LogP contribution in [-0.2, 0) is 9.53 Å². The Hall–Kier alpha value is 1.11. The zero-order valence-electron chi connectivity index (χ0n) is 7.43. The van der Waals surface area contributed by atoms with Gasteiger partial charge in [-0.25, -0.2) is 0 Å². The van der Waals surface area contributed by atoms with Crippen LogP contribution in [0, 0.1) is 0 Å². The molecular formula is C8H14KO2+. The van der Waals surface area contributed by atoms with Gasteiger partial charge < -0.3 is 4.74 Å². The van der Waals surface area contributed by atoms with Gasteiger partial charge in [0.1, 0.15) is 6.10 Å². The van der Waals surface area contributed by atoms with E-state index < -0.39 is 0 Å². The Morgan fingerprint density at radius 3 is 2.27 bits per heavy atom. The van der Waals surface area contributed by atoms with Crippen LogP contribution in [0.2, 0.25) is 0 Å². The second-order valence-corrected chi connectivity index (χ2v) is 2.87. The summed E-state index contributed by atoms with van der Waals surface area (Å²) in [5, 5.41) is 0. The Morgan fingerprint density at radius 2 is 1.82 bits per heavy atom. The number of carbonyl (C=O) groups is 1. The van der Waals surface area contributed by atoms with E-state index in [1.54, 1.807) is 0 Å². The molecule has 0 aromatic heterocycles. The van der Waals surface area contributed by atoms with Gasteiger partial charge in [-0.3, -0.25) is 4.79 Å². The first-order valence-electron chi connectivity index (χ1n) is 3.96. The molecule has 1 saturated carbocycles. The first-order valence-corrected chi connectivity index (χ1v) is 3.96. The molecule has 0 aromatic carbocycles. The van der Waals surface area contributed by atoms with Crippen molar-refractivity contribution < 1.29 is 60.9 Å². The Kier molecular flexibility index (Phi) is 7.27. The Bertz CT molecular complexity index is 119. The summed E-state index contributed by atoms with van der Waals surface area (Å²) in [6.45, 7) is 1.48. The van der Waals surface area contributed by atoms with Crippen LogP contribution in [0.1, 0.15) is 39.0 Å². The van der Waals surface area contributed by atoms with Crippen molar-refractivity contribution in [2.75, 3.05) is 0 Å². The van der Waals surface area contributed by atoms with Crippen LogP contribution < -0.4 is 51.4 Å². The molecule has 2 nitrogen and oxygen atoms in total. The van der Waals surface area contributed by atoms with Gasteiger partial charge in [-0.1, -0.05) is 6.42 Å². The quantitative estimate of drug-likeness (QED) is 0.379. The minimum Gasteiger partial charge on any atom is -0.463 e. The molecule has 1 rings (SSSR count). The number of hydrogen-bond acceptors (Lipinski definition) is 2. The van der Waals surface area contributed by atoms with Crippen molar-refractivity contribution in [1.82, 2.24) is 0 Å². The van der Waals surface area contributed by atoms with E-state index in [9.17, 15) is 4.79 Å². The molecule has 0 spiro atoms. The van der Waals surface area contributed by atoms with Gasteiger partial charge in [0.05, 0.1) is 0 Å². The van der Waals surface area contributed by atoms with Crippen LogP contribution in [0.5, 0.6) is 0 Å². The topological polar surface area (TPSA) is 26.3 Å². The SMILES string of the molecule is CC(=O)OC1CCCCC1.[K+]. The average molecular weight is 181 g/mol. The van der Waals surface area contributed by atoms with E-state index in [-0.39, 0.29) is 63.5 Å². The van der Waals surface area contributed by atoms with Crippen LogP contribution in [0.25, 0.3) is 0 Å². The Morgan fingerprint density at radius 1 is 1.27 bits per heavy atom. The molecule has 1 fully saturated rings. The van der Waals surface area contributed by atoms with Crippen molar-refractivity contribution in [3.05, 3.63) is 0 Å². The third kappa shape index (κ3) is 5.36. The van der Waals surface area contributed by atoms with E-state index in [0.717, 1.165) is 12.8 Å². The summed E-state index contributed by atoms with van der Waals surface area (Å²) in [6, 6.07) is 0. The molecule has 0 aromatic rings. The molecule has 1 aliphatic carbocycles. The summed E-state index contributed by atoms with van der Waals surface area (Å²) in [6.07, 6.45) is 6.11. The molecule has 0 bridgehead atoms. The van der Waals surface area contributed by atoms with Gasteiger partial charge in [-0.05, 0) is 25.7 Å². The zero-order chi connectivity index (χ0) is 7.40. The van der Waals surface area contributed by atoms with Gasteiger partial charge in [-0.2, -0.15) is 0 Å². The third-order valence-corrected chi connectivity index (χ3v) is 1.88. The summed E-state index contributed by atoms with van der Waals surface area (Å²) in [7, 11) is 0. The monoisotopic (exact) mass is 181 g/mol. The molecule has 0 aliphatic heterocycles. The molecule has 0 heterocycles. The van der Waals surface area contributed by atoms with Crippen LogP contribution in [0.15, 0.2) is 0 Å². The molecule has 58 valence electrons. The van der Waals surface area contributed by atoms with E-state index in [1.165, 1.54) is 26.2 Å². The van der Waals surface area contributed by atoms with Crippen LogP contribution >= 0.6 is 0 Å². The van der Waals surface area contributed by atoms with E-state index in [0.29, 0.717) is 0 Å². The van der Waals surface area contributed by atoms with E-state index in [4.69, 9.17) is 4.74 Å². The first kappa shape index (κ1) is 12.1. The second kappa shape index (κ2) is 6.60. The van der Waals surface area contributed by atoms with Gasteiger partial charge >= 0.3 is 57.4 Å². The maximum absolute atomic E-state index is 10.5. The molecule has 0 unspecified atom stereocenters. The number of carbonyl (C=O) groups excluding carboxylic acids is 1. The predicted octanol–water partition coefficient (Wildman–Crippen LogP) is -1.11. The third-order valence-electron chi connectivity index (χ3n) is 1.88. The van der Waals surface area contributed by atoms with E-state index >= 15 is 0 Å². The fourth-order valence-corrected chi connectivity index (χ4v) is 1.42. The summed E-state index contributed by atoms with van der Waals surface area (Å²) >= 11 is 0. The van der Waals surface area contributed by atoms with Crippen molar-refractivity contribution in [2.24, 2.45) is 0 Å². The molecule has 3 heteroatoms. The predicted molar refractivity (Wildman–Crippen MR) is 38.6 cm³/mol. The van der Waals surface area contributed by atoms with Crippen molar-refractivity contribution >= 4 is 5.97 Å². The molecule has 0 N–H and O–H groups in total. The molecule has 0 atom stereocenters. The van der Waals surface area contributed by atoms with Crippen LogP contribution in [-0.4, -0.2) is 12.1 Å². The van der Waals surface area contributed by atoms with Gasteiger partial charge in [0.15, 0.2) is 0 Å². The molecule has 0 saturated heterocycles. The van der Waals surface area contributed by atoms with Crippen molar-refractivity contribution in [1.29, 1.82) is 0 Å². The standard InChI is InChI=1S/C8H14O2.K/c1-7(9)10-8-5-3-2-4-6-8;/h8H,2-6H2,1H3;/q;+1. The van der Waals surface area contributed by atoms with Crippen molar-refractivity contribution in [3.63, 3.8) is 0 Å². The fraction of sp³-hybridized carbons (Fsp3) is 0.875. The molecule has 0 radical (unpaired) electrons. The maximum atomic E-state index is 10.5. The summed E-state index contributed by atoms with van der Waals surface area (Å²) in [5.41, 5.74) is 0. The minimum absolute atomic E-state index is 0. The second-order valence-electron chi connectivity index (χ2n) is 2.87. The molecule has 0 amide bonds. The number of ether oxygens (including phenoxy) is 1. The normalized spacial score (nSPS) is 18.6. The largest absolute Gasteiger partial charge is 1.00 e. The molecule has 1 aliphatic rings. The van der Waals surface area contributed by atoms with Crippen LogP contribution in [0.3, 0.4) is 0 Å². The summed E-state index contributed by atoms with van der Waals surface area (Å²) in [4.78, 5) is 10.5. The Balaban J connectivity index is 0.000001000. The van der Waals surface area contributed by atoms with Crippen molar-refractivity contribution in [3.8, 4) is 0 Å². The number of hydrogen-bond donors (Lipinski definition) is 0. The molecular weight excluding hydrogens is 167 g/mol. The van der Waals surface area contributed by atoms with E-state index in [1.807, 2.05) is 0 Å². The van der Waals surface area contributed by atoms with Gasteiger partial charge in [0, 0.05) is 6.92 Å². The van der Waals surface area contributed by atoms with Crippen LogP contribution in [0.4, 0.5) is 0 Å². The fourth-order valence-electron chi connectivity index (χ4n) is 1.42. The number of rotatable bonds is 1. The summed E-state index contributed by atoms with van der Waals surface area (Å²) < 4.78 is 5.05. The zero-order valence-corrected chi connectivity index (χ0v) is 10.6. The van der Waals surface area contributed by atoms with E-state index in [2.05, 4.69) is 0 Å². The average Bonchev–Trinajstić information content (AvgIpc) is 1.88. The number of esters is 1. The smallest absolute Gasteiger partial charge is 0.463 e. The first-order chi connectivity index (χ1) is 4.79. The Labute approximate surface area is 110 Å². The van der Waals surface area contributed by atoms with Gasteiger partial charge in [0.25, 0.3) is 0 Å². The molecule has 11 heavy (non-hydrogen) atoms. The maximum Gasteiger partial charge on any atom is 1.00 e. The van der Waals surface area contributed by atoms with Gasteiger partial charge in [-0.15, -0.1) is 0 Å². The van der Waals surface area contributed by atoms with Gasteiger partial charge in [0.2, 0.25) is 0 Å².